The summed E-state index contributed by atoms with van der Waals surface area (Å²) in [6.45, 7) is 6.76. The van der Waals surface area contributed by atoms with Crippen molar-refractivity contribution in [2.24, 2.45) is 5.41 Å². The summed E-state index contributed by atoms with van der Waals surface area (Å²) in [5, 5.41) is 35.4. The number of hydrogen-bond donors (Lipinski definition) is 5. The van der Waals surface area contributed by atoms with Crippen LogP contribution in [0.25, 0.3) is 0 Å². The predicted octanol–water partition coefficient (Wildman–Crippen LogP) is 0.183. The Kier molecular flexibility index (Phi) is 12.0. The van der Waals surface area contributed by atoms with Gasteiger partial charge >= 0.3 is 5.97 Å². The standard InChI is InChI=1S/C23H40N2O8/c1-14(21(30)24-13-17(27)33-15-9-7-6-8-10-15)25-22(31)20(32-5)19(29)18(28)16(26)11-12-23(2,3)4/h11-12,14-16,18-20,26,28-29H,6-10,13H2,1-5H3,(H,24,30)(H,25,31)/t14-,16+,18-,19+,20+/m0/s1. The second-order valence-corrected chi connectivity index (χ2v) is 9.55. The van der Waals surface area contributed by atoms with Crippen LogP contribution in [0.1, 0.15) is 59.8 Å². The summed E-state index contributed by atoms with van der Waals surface area (Å²) in [4.78, 5) is 36.7. The molecule has 0 radical (unpaired) electrons. The summed E-state index contributed by atoms with van der Waals surface area (Å²) in [6.07, 6.45) is 1.25. The normalized spacial score (nSPS) is 19.9. The van der Waals surface area contributed by atoms with Gasteiger partial charge in [0.15, 0.2) is 6.10 Å². The van der Waals surface area contributed by atoms with Gasteiger partial charge in [-0.3, -0.25) is 14.4 Å². The molecule has 0 aromatic carbocycles. The van der Waals surface area contributed by atoms with Gasteiger partial charge in [0.2, 0.25) is 5.91 Å². The van der Waals surface area contributed by atoms with Gasteiger partial charge in [0.25, 0.3) is 5.91 Å². The molecule has 0 unspecified atom stereocenters. The van der Waals surface area contributed by atoms with Crippen molar-refractivity contribution < 1.29 is 39.2 Å². The molecule has 0 aromatic rings. The first-order valence-corrected chi connectivity index (χ1v) is 11.4. The van der Waals surface area contributed by atoms with E-state index in [1.165, 1.54) is 13.0 Å². The van der Waals surface area contributed by atoms with E-state index in [0.717, 1.165) is 39.2 Å². The van der Waals surface area contributed by atoms with Gasteiger partial charge in [-0.1, -0.05) is 39.3 Å². The molecule has 5 atom stereocenters. The molecule has 10 heteroatoms. The lowest BCUT2D eigenvalue weighted by molar-refractivity contribution is -0.151. The van der Waals surface area contributed by atoms with Gasteiger partial charge in [-0.05, 0) is 38.0 Å². The van der Waals surface area contributed by atoms with Crippen LogP contribution in [0.15, 0.2) is 12.2 Å². The molecule has 1 aliphatic carbocycles. The van der Waals surface area contributed by atoms with Gasteiger partial charge < -0.3 is 35.4 Å². The van der Waals surface area contributed by atoms with Gasteiger partial charge in [-0.2, -0.15) is 0 Å². The Labute approximate surface area is 195 Å². The Morgan fingerprint density at radius 2 is 1.64 bits per heavy atom. The van der Waals surface area contributed by atoms with Crippen LogP contribution in [-0.2, 0) is 23.9 Å². The molecule has 0 aliphatic heterocycles. The number of nitrogens with one attached hydrogen (secondary N) is 2. The van der Waals surface area contributed by atoms with Crippen molar-refractivity contribution in [2.75, 3.05) is 13.7 Å². The van der Waals surface area contributed by atoms with Crippen LogP contribution in [-0.4, -0.2) is 83.3 Å². The lowest BCUT2D eigenvalue weighted by atomic mass is 9.94. The molecule has 10 nitrogen and oxygen atoms in total. The molecule has 190 valence electrons. The zero-order chi connectivity index (χ0) is 25.2. The fourth-order valence-electron chi connectivity index (χ4n) is 3.37. The molecule has 2 amide bonds. The number of hydrogen-bond acceptors (Lipinski definition) is 8. The number of aliphatic hydroxyl groups excluding tert-OH is 3. The van der Waals surface area contributed by atoms with Gasteiger partial charge in [-0.25, -0.2) is 0 Å². The molecule has 1 aliphatic rings. The van der Waals surface area contributed by atoms with Crippen LogP contribution in [0.3, 0.4) is 0 Å². The van der Waals surface area contributed by atoms with Crippen LogP contribution < -0.4 is 10.6 Å². The van der Waals surface area contributed by atoms with E-state index in [1.807, 2.05) is 20.8 Å². The zero-order valence-electron chi connectivity index (χ0n) is 20.2. The van der Waals surface area contributed by atoms with E-state index in [9.17, 15) is 29.7 Å². The highest BCUT2D eigenvalue weighted by Gasteiger charge is 2.36. The fraction of sp³-hybridized carbons (Fsp3) is 0.783. The Hall–Kier alpha value is -2.01. The maximum absolute atomic E-state index is 12.5. The summed E-state index contributed by atoms with van der Waals surface area (Å²) >= 11 is 0. The van der Waals surface area contributed by atoms with Crippen LogP contribution >= 0.6 is 0 Å². The number of esters is 1. The largest absolute Gasteiger partial charge is 0.461 e. The van der Waals surface area contributed by atoms with Crippen molar-refractivity contribution >= 4 is 17.8 Å². The maximum Gasteiger partial charge on any atom is 0.325 e. The first-order chi connectivity index (χ1) is 15.4. The number of amides is 2. The molecular formula is C23H40N2O8. The third-order valence-corrected chi connectivity index (χ3v) is 5.33. The minimum atomic E-state index is -1.75. The van der Waals surface area contributed by atoms with E-state index >= 15 is 0 Å². The van der Waals surface area contributed by atoms with Gasteiger partial charge in [0, 0.05) is 7.11 Å². The number of allylic oxidation sites excluding steroid dienone is 1. The third-order valence-electron chi connectivity index (χ3n) is 5.33. The van der Waals surface area contributed by atoms with Gasteiger partial charge in [0.1, 0.15) is 37.0 Å². The quantitative estimate of drug-likeness (QED) is 0.211. The SMILES string of the molecule is CO[C@@H](C(=O)N[C@@H](C)C(=O)NCC(=O)OC1CCCCC1)[C@H](O)[C@@H](O)[C@H](O)C=CC(C)(C)C. The Morgan fingerprint density at radius 3 is 2.18 bits per heavy atom. The molecule has 5 N–H and O–H groups in total. The van der Waals surface area contributed by atoms with E-state index < -0.39 is 48.2 Å². The molecule has 1 fully saturated rings. The first-order valence-electron chi connectivity index (χ1n) is 11.4. The Bertz CT molecular complexity index is 670. The summed E-state index contributed by atoms with van der Waals surface area (Å²) < 4.78 is 10.3. The average molecular weight is 473 g/mol. The maximum atomic E-state index is 12.5. The van der Waals surface area contributed by atoms with E-state index in [4.69, 9.17) is 9.47 Å². The molecule has 0 aromatic heterocycles. The number of carbonyl (C=O) groups is 3. The molecule has 1 saturated carbocycles. The molecule has 0 heterocycles. The Morgan fingerprint density at radius 1 is 1.03 bits per heavy atom. The van der Waals surface area contributed by atoms with Crippen LogP contribution in [0.5, 0.6) is 0 Å². The minimum absolute atomic E-state index is 0.121. The monoisotopic (exact) mass is 472 g/mol. The topological polar surface area (TPSA) is 154 Å². The number of methoxy groups -OCH3 is 1. The summed E-state index contributed by atoms with van der Waals surface area (Å²) in [5.41, 5.74) is -0.255. The number of aliphatic hydroxyl groups is 3. The van der Waals surface area contributed by atoms with Crippen LogP contribution in [0.2, 0.25) is 0 Å². The fourth-order valence-corrected chi connectivity index (χ4v) is 3.37. The van der Waals surface area contributed by atoms with Crippen molar-refractivity contribution in [3.05, 3.63) is 12.2 Å². The smallest absolute Gasteiger partial charge is 0.325 e. The lowest BCUT2D eigenvalue weighted by Gasteiger charge is -2.28. The van der Waals surface area contributed by atoms with Crippen molar-refractivity contribution in [1.29, 1.82) is 0 Å². The summed E-state index contributed by atoms with van der Waals surface area (Å²) in [6, 6.07) is -1.05. The zero-order valence-corrected chi connectivity index (χ0v) is 20.2. The molecule has 0 bridgehead atoms. The first kappa shape index (κ1) is 29.0. The highest BCUT2D eigenvalue weighted by atomic mass is 16.5. The molecule has 0 saturated heterocycles. The van der Waals surface area contributed by atoms with Crippen molar-refractivity contribution in [1.82, 2.24) is 10.6 Å². The van der Waals surface area contributed by atoms with Crippen molar-refractivity contribution in [3.8, 4) is 0 Å². The van der Waals surface area contributed by atoms with Gasteiger partial charge in [-0.15, -0.1) is 0 Å². The van der Waals surface area contributed by atoms with E-state index in [0.29, 0.717) is 0 Å². The highest BCUT2D eigenvalue weighted by Crippen LogP contribution is 2.20. The summed E-state index contributed by atoms with van der Waals surface area (Å²) in [7, 11) is 1.16. The highest BCUT2D eigenvalue weighted by molar-refractivity contribution is 5.90. The summed E-state index contributed by atoms with van der Waals surface area (Å²) in [5.74, 6) is -2.02. The van der Waals surface area contributed by atoms with Crippen LogP contribution in [0, 0.1) is 5.41 Å². The van der Waals surface area contributed by atoms with E-state index in [2.05, 4.69) is 10.6 Å². The molecule has 33 heavy (non-hydrogen) atoms. The van der Waals surface area contributed by atoms with Crippen molar-refractivity contribution in [2.45, 2.75) is 96.4 Å². The molecule has 0 spiro atoms. The number of carbonyl (C=O) groups excluding carboxylic acids is 3. The van der Waals surface area contributed by atoms with E-state index in [1.54, 1.807) is 6.08 Å². The van der Waals surface area contributed by atoms with E-state index in [-0.39, 0.29) is 18.1 Å². The molecule has 1 rings (SSSR count). The Balaban J connectivity index is 2.54. The predicted molar refractivity (Wildman–Crippen MR) is 121 cm³/mol. The molecular weight excluding hydrogens is 432 g/mol. The van der Waals surface area contributed by atoms with Crippen LogP contribution in [0.4, 0.5) is 0 Å². The second kappa shape index (κ2) is 13.6. The minimum Gasteiger partial charge on any atom is -0.461 e. The lowest BCUT2D eigenvalue weighted by Crippen LogP contribution is -2.55. The van der Waals surface area contributed by atoms with Gasteiger partial charge in [0.05, 0.1) is 0 Å². The number of rotatable bonds is 11. The van der Waals surface area contributed by atoms with Crippen molar-refractivity contribution in [3.63, 3.8) is 0 Å². The second-order valence-electron chi connectivity index (χ2n) is 9.55. The average Bonchev–Trinajstić information content (AvgIpc) is 2.75. The number of ether oxygens (including phenoxy) is 2. The third kappa shape index (κ3) is 10.6.